The van der Waals surface area contributed by atoms with Gasteiger partial charge in [0, 0.05) is 20.9 Å². The van der Waals surface area contributed by atoms with Crippen LogP contribution in [0.25, 0.3) is 5.69 Å². The van der Waals surface area contributed by atoms with E-state index in [9.17, 15) is 9.59 Å². The first-order valence-corrected chi connectivity index (χ1v) is 10.9. The molecular formula is C22H22Br2N4O2. The number of hydrogen-bond acceptors (Lipinski definition) is 2. The summed E-state index contributed by atoms with van der Waals surface area (Å²) < 4.78 is 3.23. The lowest BCUT2D eigenvalue weighted by Gasteiger charge is -2.10. The van der Waals surface area contributed by atoms with Gasteiger partial charge in [-0.2, -0.15) is 0 Å². The number of nitrogens with zero attached hydrogens (tertiary/aromatic N) is 2. The van der Waals surface area contributed by atoms with E-state index in [-0.39, 0.29) is 5.56 Å². The molecule has 0 spiro atoms. The molecule has 0 fully saturated rings. The van der Waals surface area contributed by atoms with Gasteiger partial charge in [-0.1, -0.05) is 15.9 Å². The van der Waals surface area contributed by atoms with E-state index < -0.39 is 6.03 Å². The summed E-state index contributed by atoms with van der Waals surface area (Å²) in [5.74, 6) is 0. The molecule has 1 heterocycles. The van der Waals surface area contributed by atoms with E-state index in [1.54, 1.807) is 6.92 Å². The van der Waals surface area contributed by atoms with Crippen molar-refractivity contribution in [3.8, 4) is 5.69 Å². The number of halogens is 2. The number of carbonyl (C=O) groups is 1. The predicted octanol–water partition coefficient (Wildman–Crippen LogP) is 5.88. The van der Waals surface area contributed by atoms with Gasteiger partial charge in [0.05, 0.1) is 16.9 Å². The van der Waals surface area contributed by atoms with Crippen LogP contribution in [0.1, 0.15) is 33.5 Å². The van der Waals surface area contributed by atoms with Gasteiger partial charge >= 0.3 is 6.03 Å². The number of amides is 2. The maximum Gasteiger partial charge on any atom is 0.345 e. The molecule has 0 bridgehead atoms. The first-order valence-electron chi connectivity index (χ1n) is 9.29. The second kappa shape index (κ2) is 8.73. The molecule has 0 radical (unpaired) electrons. The summed E-state index contributed by atoms with van der Waals surface area (Å²) in [7, 11) is 0. The zero-order chi connectivity index (χ0) is 22.2. The number of aromatic nitrogens is 2. The van der Waals surface area contributed by atoms with Crippen LogP contribution in [-0.2, 0) is 0 Å². The SMILES string of the molecule is Cc1cc(Br)c(NC(=O)N=Cc2c(C)[nH]n(-c3ccc(Br)c(C)c3C)c2=O)cc1C. The average Bonchev–Trinajstić information content (AvgIpc) is 2.96. The van der Waals surface area contributed by atoms with Gasteiger partial charge in [0.15, 0.2) is 0 Å². The number of aliphatic imine (C=N–C) groups is 1. The van der Waals surface area contributed by atoms with Crippen LogP contribution >= 0.6 is 31.9 Å². The molecule has 0 saturated carbocycles. The molecule has 156 valence electrons. The van der Waals surface area contributed by atoms with E-state index >= 15 is 0 Å². The third kappa shape index (κ3) is 4.34. The number of H-pyrrole nitrogens is 1. The Morgan fingerprint density at radius 3 is 2.40 bits per heavy atom. The van der Waals surface area contributed by atoms with Gasteiger partial charge in [0.1, 0.15) is 0 Å². The monoisotopic (exact) mass is 532 g/mol. The molecule has 0 aliphatic carbocycles. The van der Waals surface area contributed by atoms with Crippen LogP contribution in [0.4, 0.5) is 10.5 Å². The highest BCUT2D eigenvalue weighted by Crippen LogP contribution is 2.26. The van der Waals surface area contributed by atoms with Crippen molar-refractivity contribution in [1.82, 2.24) is 9.78 Å². The fourth-order valence-corrected chi connectivity index (χ4v) is 4.03. The Hall–Kier alpha value is -2.45. The van der Waals surface area contributed by atoms with Crippen molar-refractivity contribution in [1.29, 1.82) is 0 Å². The minimum atomic E-state index is -0.554. The standard InChI is InChI=1S/C22H22Br2N4O2/c1-11-8-18(24)19(9-12(11)2)26-22(30)25-10-16-15(5)27-28(21(16)29)20-7-6-17(23)13(3)14(20)4/h6-10,27H,1-5H3,(H,26,30). The minimum Gasteiger partial charge on any atom is -0.305 e. The van der Waals surface area contributed by atoms with Crippen LogP contribution in [0.15, 0.2) is 43.0 Å². The lowest BCUT2D eigenvalue weighted by molar-refractivity contribution is 0.259. The summed E-state index contributed by atoms with van der Waals surface area (Å²) in [6, 6.07) is 7.03. The molecule has 0 aliphatic heterocycles. The molecule has 6 nitrogen and oxygen atoms in total. The normalized spacial score (nSPS) is 11.3. The molecule has 3 aromatic rings. The van der Waals surface area contributed by atoms with Crippen LogP contribution in [0.3, 0.4) is 0 Å². The average molecular weight is 534 g/mol. The van der Waals surface area contributed by atoms with Gasteiger partial charge in [-0.25, -0.2) is 14.5 Å². The molecule has 1 aromatic heterocycles. The Balaban J connectivity index is 1.89. The summed E-state index contributed by atoms with van der Waals surface area (Å²) in [5.41, 5.74) is 6.30. The number of aryl methyl sites for hydroxylation is 3. The molecule has 0 unspecified atom stereocenters. The highest BCUT2D eigenvalue weighted by Gasteiger charge is 2.15. The molecule has 0 atom stereocenters. The summed E-state index contributed by atoms with van der Waals surface area (Å²) in [6.45, 7) is 9.69. The van der Waals surface area contributed by atoms with Crippen LogP contribution in [-0.4, -0.2) is 22.0 Å². The van der Waals surface area contributed by atoms with E-state index in [2.05, 4.69) is 47.3 Å². The molecule has 8 heteroatoms. The van der Waals surface area contributed by atoms with Gasteiger partial charge in [0.2, 0.25) is 0 Å². The highest BCUT2D eigenvalue weighted by molar-refractivity contribution is 9.10. The Morgan fingerprint density at radius 2 is 1.70 bits per heavy atom. The van der Waals surface area contributed by atoms with Gasteiger partial charge < -0.3 is 5.32 Å². The van der Waals surface area contributed by atoms with Crippen molar-refractivity contribution < 1.29 is 4.79 Å². The van der Waals surface area contributed by atoms with Crippen molar-refractivity contribution in [2.24, 2.45) is 4.99 Å². The molecule has 0 aliphatic rings. The molecule has 0 saturated heterocycles. The molecule has 2 amide bonds. The molecular weight excluding hydrogens is 512 g/mol. The largest absolute Gasteiger partial charge is 0.345 e. The Kier molecular flexibility index (Phi) is 6.47. The van der Waals surface area contributed by atoms with Crippen molar-refractivity contribution in [2.45, 2.75) is 34.6 Å². The number of rotatable bonds is 3. The van der Waals surface area contributed by atoms with E-state index in [4.69, 9.17) is 0 Å². The summed E-state index contributed by atoms with van der Waals surface area (Å²) in [5, 5.41) is 5.81. The number of urea groups is 1. The molecule has 3 rings (SSSR count). The number of nitrogens with one attached hydrogen (secondary N) is 2. The van der Waals surface area contributed by atoms with Gasteiger partial charge in [-0.3, -0.25) is 9.89 Å². The maximum absolute atomic E-state index is 12.9. The van der Waals surface area contributed by atoms with Crippen LogP contribution < -0.4 is 10.9 Å². The van der Waals surface area contributed by atoms with Crippen LogP contribution in [0, 0.1) is 34.6 Å². The van der Waals surface area contributed by atoms with Crippen molar-refractivity contribution in [3.63, 3.8) is 0 Å². The van der Waals surface area contributed by atoms with E-state index in [1.165, 1.54) is 10.9 Å². The van der Waals surface area contributed by atoms with Gasteiger partial charge in [-0.05, 0) is 97.1 Å². The zero-order valence-electron chi connectivity index (χ0n) is 17.4. The highest BCUT2D eigenvalue weighted by atomic mass is 79.9. The number of hydrogen-bond donors (Lipinski definition) is 2. The Labute approximate surface area is 191 Å². The van der Waals surface area contributed by atoms with Crippen LogP contribution in [0.5, 0.6) is 0 Å². The summed E-state index contributed by atoms with van der Waals surface area (Å²) in [6.07, 6.45) is 1.30. The zero-order valence-corrected chi connectivity index (χ0v) is 20.5. The summed E-state index contributed by atoms with van der Waals surface area (Å²) >= 11 is 6.95. The smallest absolute Gasteiger partial charge is 0.305 e. The van der Waals surface area contributed by atoms with Gasteiger partial charge in [0.25, 0.3) is 5.56 Å². The maximum atomic E-state index is 12.9. The number of aromatic amines is 1. The fraction of sp³-hybridized carbons (Fsp3) is 0.227. The molecule has 2 aromatic carbocycles. The fourth-order valence-electron chi connectivity index (χ4n) is 3.04. The first-order chi connectivity index (χ1) is 14.1. The summed E-state index contributed by atoms with van der Waals surface area (Å²) in [4.78, 5) is 29.2. The minimum absolute atomic E-state index is 0.263. The van der Waals surface area contributed by atoms with Crippen molar-refractivity contribution in [3.05, 3.63) is 77.1 Å². The Morgan fingerprint density at radius 1 is 1.03 bits per heavy atom. The van der Waals surface area contributed by atoms with Gasteiger partial charge in [-0.15, -0.1) is 0 Å². The quantitative estimate of drug-likeness (QED) is 0.412. The Bertz CT molecular complexity index is 1240. The number of carbonyl (C=O) groups excluding carboxylic acids is 1. The lowest BCUT2D eigenvalue weighted by atomic mass is 10.1. The third-order valence-electron chi connectivity index (χ3n) is 5.19. The van der Waals surface area contributed by atoms with E-state index in [0.717, 1.165) is 36.9 Å². The number of anilines is 1. The van der Waals surface area contributed by atoms with Crippen LogP contribution in [0.2, 0.25) is 0 Å². The molecule has 2 N–H and O–H groups in total. The second-order valence-electron chi connectivity index (χ2n) is 7.21. The number of benzene rings is 2. The lowest BCUT2D eigenvalue weighted by Crippen LogP contribution is -2.19. The second-order valence-corrected chi connectivity index (χ2v) is 8.92. The topological polar surface area (TPSA) is 79.2 Å². The molecule has 30 heavy (non-hydrogen) atoms. The van der Waals surface area contributed by atoms with Crippen molar-refractivity contribution in [2.75, 3.05) is 5.32 Å². The van der Waals surface area contributed by atoms with Crippen molar-refractivity contribution >= 4 is 49.8 Å². The third-order valence-corrected chi connectivity index (χ3v) is 6.70. The van der Waals surface area contributed by atoms with E-state index in [1.807, 2.05) is 52.0 Å². The predicted molar refractivity (Wildman–Crippen MR) is 129 cm³/mol. The van der Waals surface area contributed by atoms with E-state index in [0.29, 0.717) is 16.9 Å². The first kappa shape index (κ1) is 22.2.